The number of nitrogens with one attached hydrogen (secondary N) is 2. The smallest absolute Gasteiger partial charge is 0.386 e. The fourth-order valence-electron chi connectivity index (χ4n) is 6.58. The minimum Gasteiger partial charge on any atom is -0.386 e. The molecule has 3 heterocycles. The molecule has 0 bridgehead atoms. The van der Waals surface area contributed by atoms with E-state index in [0.717, 1.165) is 73.9 Å². The summed E-state index contributed by atoms with van der Waals surface area (Å²) < 4.78 is 62.4. The zero-order valence-electron chi connectivity index (χ0n) is 39.0. The number of phosphoric ester groups is 3. The molecule has 0 spiro atoms. The zero-order chi connectivity index (χ0) is 51.1. The van der Waals surface area contributed by atoms with Crippen LogP contribution < -0.4 is 16.4 Å². The van der Waals surface area contributed by atoms with Gasteiger partial charge < -0.3 is 50.9 Å². The van der Waals surface area contributed by atoms with Gasteiger partial charge in [-0.1, -0.05) is 95.0 Å². The number of aromatic nitrogens is 4. The van der Waals surface area contributed by atoms with Gasteiger partial charge in [0.2, 0.25) is 16.9 Å². The molecule has 0 aromatic carbocycles. The summed E-state index contributed by atoms with van der Waals surface area (Å²) in [6.45, 7) is 2.71. The number of thioether (sulfide) groups is 1. The Morgan fingerprint density at radius 2 is 1.54 bits per heavy atom. The largest absolute Gasteiger partial charge is 0.481 e. The molecule has 10 N–H and O–H groups in total. The number of ether oxygens (including phenoxy) is 1. The molecule has 0 aliphatic carbocycles. The number of nitrogen functional groups attached to an aromatic ring is 1. The SMILES string of the molecule is CCCCC/C=C\C/C=C\CCCCCCC/C=C/C(=O)SCCNC(=O)CCNC(=O)[C@H](O)C(C)(C)COP(=O)(O)OP(=O)(O)OC[C@H]1O[C@@H](n2cnc3c(N)ncnc32)[C@H](O)[C@@H]1OP(=O)(O)O. The lowest BCUT2D eigenvalue weighted by molar-refractivity contribution is -0.137. The number of nitrogens with zero attached hydrogens (tertiary/aromatic N) is 4. The van der Waals surface area contributed by atoms with Crippen LogP contribution in [0, 0.1) is 5.41 Å². The van der Waals surface area contributed by atoms with E-state index in [2.05, 4.69) is 65.6 Å². The average molecular weight is 1060 g/mol. The first-order chi connectivity index (χ1) is 32.6. The Morgan fingerprint density at radius 3 is 2.20 bits per heavy atom. The molecule has 1 aliphatic rings. The number of carbonyl (C=O) groups excluding carboxylic acids is 3. The van der Waals surface area contributed by atoms with Crippen molar-refractivity contribution in [2.75, 3.05) is 37.8 Å². The van der Waals surface area contributed by atoms with Crippen molar-refractivity contribution in [3.05, 3.63) is 49.1 Å². The third kappa shape index (κ3) is 22.8. The average Bonchev–Trinajstić information content (AvgIpc) is 3.84. The van der Waals surface area contributed by atoms with Crippen LogP contribution in [0.3, 0.4) is 0 Å². The van der Waals surface area contributed by atoms with E-state index < -0.39 is 84.6 Å². The minimum atomic E-state index is -5.58. The van der Waals surface area contributed by atoms with Crippen molar-refractivity contribution >= 4 is 69.1 Å². The Balaban J connectivity index is 1.30. The number of imidazole rings is 1. The number of aliphatic hydroxyl groups excluding tert-OH is 2. The summed E-state index contributed by atoms with van der Waals surface area (Å²) in [6.07, 6.45) is 19.0. The molecule has 7 atom stereocenters. The second kappa shape index (κ2) is 30.0. The molecule has 0 saturated carbocycles. The Labute approximate surface area is 405 Å². The van der Waals surface area contributed by atoms with Gasteiger partial charge in [0.1, 0.15) is 36.3 Å². The number of fused-ring (bicyclic) bond motifs is 1. The van der Waals surface area contributed by atoms with Crippen molar-refractivity contribution in [1.29, 1.82) is 0 Å². The number of anilines is 1. The molecule has 2 unspecified atom stereocenters. The van der Waals surface area contributed by atoms with Crippen LogP contribution in [0.2, 0.25) is 0 Å². The van der Waals surface area contributed by atoms with Gasteiger partial charge in [-0.05, 0) is 51.0 Å². The van der Waals surface area contributed by atoms with Crippen LogP contribution in [-0.2, 0) is 50.7 Å². The summed E-state index contributed by atoms with van der Waals surface area (Å²) in [5, 5.41) is 26.4. The van der Waals surface area contributed by atoms with Gasteiger partial charge in [0.15, 0.2) is 17.7 Å². The van der Waals surface area contributed by atoms with Crippen molar-refractivity contribution in [2.45, 2.75) is 135 Å². The molecule has 3 rings (SSSR count). The first kappa shape index (κ1) is 60.1. The van der Waals surface area contributed by atoms with E-state index in [4.69, 9.17) is 19.5 Å². The summed E-state index contributed by atoms with van der Waals surface area (Å²) in [5.74, 6) is -1.11. The van der Waals surface area contributed by atoms with Gasteiger partial charge in [-0.2, -0.15) is 4.31 Å². The minimum absolute atomic E-state index is 0.0311. The Morgan fingerprint density at radius 1 is 0.899 bits per heavy atom. The number of rotatable bonds is 34. The van der Waals surface area contributed by atoms with Gasteiger partial charge in [-0.25, -0.2) is 28.6 Å². The van der Waals surface area contributed by atoms with E-state index in [-0.39, 0.29) is 41.6 Å². The molecule has 2 amide bonds. The van der Waals surface area contributed by atoms with Crippen molar-refractivity contribution in [1.82, 2.24) is 30.2 Å². The predicted octanol–water partition coefficient (Wildman–Crippen LogP) is 5.03. The molecular formula is C41H68N7O17P3S. The highest BCUT2D eigenvalue weighted by Crippen LogP contribution is 2.61. The van der Waals surface area contributed by atoms with Crippen LogP contribution in [0.1, 0.15) is 110 Å². The van der Waals surface area contributed by atoms with Crippen LogP contribution in [0.5, 0.6) is 0 Å². The summed E-state index contributed by atoms with van der Waals surface area (Å²) in [6, 6.07) is 0. The zero-order valence-corrected chi connectivity index (χ0v) is 42.5. The number of hydrogen-bond acceptors (Lipinski definition) is 18. The van der Waals surface area contributed by atoms with Crippen molar-refractivity contribution in [3.8, 4) is 0 Å². The normalized spacial score (nSPS) is 20.2. The van der Waals surface area contributed by atoms with E-state index in [0.29, 0.717) is 5.75 Å². The Kier molecular flexibility index (Phi) is 26.1. The van der Waals surface area contributed by atoms with Gasteiger partial charge in [0.25, 0.3) is 0 Å². The summed E-state index contributed by atoms with van der Waals surface area (Å²) >= 11 is 1.06. The molecule has 0 radical (unpaired) electrons. The van der Waals surface area contributed by atoms with Gasteiger partial charge in [0, 0.05) is 30.7 Å². The maximum atomic E-state index is 12.7. The monoisotopic (exact) mass is 1060 g/mol. The molecular weight excluding hydrogens is 987 g/mol. The Hall–Kier alpha value is -3.22. The van der Waals surface area contributed by atoms with Crippen LogP contribution in [-0.4, -0.2) is 123 Å². The van der Waals surface area contributed by atoms with Gasteiger partial charge in [-0.15, -0.1) is 0 Å². The van der Waals surface area contributed by atoms with Gasteiger partial charge in [0.05, 0.1) is 19.5 Å². The number of hydrogen-bond donors (Lipinski definition) is 9. The van der Waals surface area contributed by atoms with Crippen LogP contribution in [0.25, 0.3) is 11.2 Å². The summed E-state index contributed by atoms with van der Waals surface area (Å²) in [4.78, 5) is 88.3. The number of phosphoric acid groups is 3. The lowest BCUT2D eigenvalue weighted by Crippen LogP contribution is -2.46. The number of nitrogens with two attached hydrogens (primary N) is 1. The maximum absolute atomic E-state index is 12.7. The first-order valence-corrected chi connectivity index (χ1v) is 28.1. The van der Waals surface area contributed by atoms with E-state index in [9.17, 15) is 57.9 Å². The predicted molar refractivity (Wildman–Crippen MR) is 256 cm³/mol. The molecule has 28 heteroatoms. The summed E-state index contributed by atoms with van der Waals surface area (Å²) in [7, 11) is -16.4. The van der Waals surface area contributed by atoms with E-state index >= 15 is 0 Å². The summed E-state index contributed by atoms with van der Waals surface area (Å²) in [5.41, 5.74) is 4.28. The number of carbonyl (C=O) groups is 3. The van der Waals surface area contributed by atoms with Crippen LogP contribution >= 0.6 is 35.2 Å². The third-order valence-corrected chi connectivity index (χ3v) is 14.3. The Bertz CT molecular complexity index is 2170. The van der Waals surface area contributed by atoms with Crippen LogP contribution in [0.4, 0.5) is 5.82 Å². The number of allylic oxidation sites excluding steroid dienone is 5. The highest BCUT2D eigenvalue weighted by Gasteiger charge is 2.50. The molecule has 2 aromatic heterocycles. The molecule has 390 valence electrons. The number of unbranched alkanes of at least 4 members (excludes halogenated alkanes) is 9. The quantitative estimate of drug-likeness (QED) is 0.0192. The molecule has 69 heavy (non-hydrogen) atoms. The van der Waals surface area contributed by atoms with Gasteiger partial charge >= 0.3 is 23.5 Å². The van der Waals surface area contributed by atoms with Gasteiger partial charge in [-0.3, -0.25) is 32.5 Å². The van der Waals surface area contributed by atoms with Crippen molar-refractivity contribution < 1.29 is 80.5 Å². The third-order valence-electron chi connectivity index (χ3n) is 10.3. The van der Waals surface area contributed by atoms with E-state index in [1.165, 1.54) is 52.0 Å². The van der Waals surface area contributed by atoms with Crippen LogP contribution in [0.15, 0.2) is 49.1 Å². The highest BCUT2D eigenvalue weighted by atomic mass is 32.2. The molecule has 1 saturated heterocycles. The molecule has 1 fully saturated rings. The molecule has 2 aromatic rings. The standard InChI is InChI=1S/C41H68N7O17P3S/c1-4-5-6-7-8-9-10-11-12-13-14-15-16-17-18-19-20-21-32(50)69-25-24-43-31(49)22-23-44-39(53)36(52)41(2,3)27-62-68(59,60)65-67(57,58)61-26-30-35(64-66(54,55)56)34(51)40(63-30)48-29-47-33-37(42)45-28-46-38(33)48/h8-9,11-12,20-21,28-30,34-36,40,51-52H,4-7,10,13-19,22-27H2,1-3H3,(H,43,49)(H,44,53)(H,57,58)(H,59,60)(H2,42,45,46)(H2,54,55,56)/b9-8-,12-11-,21-20+/t30-,34-,35-,36+,40-/m1/s1. The highest BCUT2D eigenvalue weighted by molar-refractivity contribution is 8.14. The second-order valence-electron chi connectivity index (χ2n) is 16.7. The van der Waals surface area contributed by atoms with E-state index in [1.54, 1.807) is 0 Å². The fourth-order valence-corrected chi connectivity index (χ4v) is 10.0. The topological polar surface area (TPSA) is 364 Å². The van der Waals surface area contributed by atoms with E-state index in [1.807, 2.05) is 6.08 Å². The lowest BCUT2D eigenvalue weighted by atomic mass is 9.87. The number of amides is 2. The van der Waals surface area contributed by atoms with Crippen molar-refractivity contribution in [2.24, 2.45) is 5.41 Å². The maximum Gasteiger partial charge on any atom is 0.481 e. The first-order valence-electron chi connectivity index (χ1n) is 22.6. The molecule has 1 aliphatic heterocycles. The lowest BCUT2D eigenvalue weighted by Gasteiger charge is -2.30. The second-order valence-corrected chi connectivity index (χ2v) is 22.0. The number of aliphatic hydroxyl groups is 2. The molecule has 24 nitrogen and oxygen atoms in total. The van der Waals surface area contributed by atoms with Crippen molar-refractivity contribution in [3.63, 3.8) is 0 Å². The fraction of sp³-hybridized carbons (Fsp3) is 0.659.